The Labute approximate surface area is 164 Å². The molecule has 7 heteroatoms. The van der Waals surface area contributed by atoms with E-state index in [1.807, 2.05) is 30.3 Å². The number of aryl methyl sites for hydroxylation is 1. The fourth-order valence-electron chi connectivity index (χ4n) is 3.28. The predicted octanol–water partition coefficient (Wildman–Crippen LogP) is 4.45. The van der Waals surface area contributed by atoms with Crippen molar-refractivity contribution in [1.82, 2.24) is 0 Å². The number of anilines is 3. The average Bonchev–Trinajstić information content (AvgIpc) is 2.63. The molecule has 0 unspecified atom stereocenters. The summed E-state index contributed by atoms with van der Waals surface area (Å²) in [5, 5.41) is 3.24. The Morgan fingerprint density at radius 2 is 1.85 bits per heavy atom. The maximum absolute atomic E-state index is 13.0. The number of benzene rings is 2. The molecule has 1 aliphatic rings. The van der Waals surface area contributed by atoms with Gasteiger partial charge in [0.1, 0.15) is 4.90 Å². The van der Waals surface area contributed by atoms with Gasteiger partial charge in [0.15, 0.2) is 0 Å². The molecule has 0 fully saturated rings. The van der Waals surface area contributed by atoms with Crippen molar-refractivity contribution < 1.29 is 8.42 Å². The monoisotopic (exact) mass is 437 g/mol. The second-order valence-corrected chi connectivity index (χ2v) is 8.86. The van der Waals surface area contributed by atoms with Gasteiger partial charge in [0.25, 0.3) is 10.0 Å². The van der Waals surface area contributed by atoms with Gasteiger partial charge in [-0.25, -0.2) is 8.42 Å². The van der Waals surface area contributed by atoms with Crippen LogP contribution in [0.3, 0.4) is 0 Å². The fraction of sp³-hybridized carbons (Fsp3) is 0.368. The first-order valence-electron chi connectivity index (χ1n) is 8.88. The van der Waals surface area contributed by atoms with Gasteiger partial charge in [0.05, 0.1) is 5.69 Å². The summed E-state index contributed by atoms with van der Waals surface area (Å²) in [4.78, 5) is 2.50. The van der Waals surface area contributed by atoms with Crippen LogP contribution in [0, 0.1) is 0 Å². The van der Waals surface area contributed by atoms with Crippen molar-refractivity contribution in [2.45, 2.75) is 31.6 Å². The van der Waals surface area contributed by atoms with Gasteiger partial charge in [-0.1, -0.05) is 15.9 Å². The maximum atomic E-state index is 13.0. The molecule has 1 heterocycles. The normalized spacial score (nSPS) is 13.7. The molecule has 0 saturated carbocycles. The van der Waals surface area contributed by atoms with Gasteiger partial charge < -0.3 is 10.2 Å². The quantitative estimate of drug-likeness (QED) is 0.700. The van der Waals surface area contributed by atoms with Crippen molar-refractivity contribution in [2.75, 3.05) is 34.6 Å². The Morgan fingerprint density at radius 3 is 2.50 bits per heavy atom. The molecular formula is C19H24BrN3O2S. The molecule has 26 heavy (non-hydrogen) atoms. The molecule has 2 aromatic carbocycles. The Kier molecular flexibility index (Phi) is 5.77. The smallest absolute Gasteiger partial charge is 0.264 e. The molecule has 0 amide bonds. The van der Waals surface area contributed by atoms with E-state index in [2.05, 4.69) is 44.7 Å². The third-order valence-electron chi connectivity index (χ3n) is 4.61. The lowest BCUT2D eigenvalue weighted by Crippen LogP contribution is -2.22. The number of fused-ring (bicyclic) bond motifs is 1. The van der Waals surface area contributed by atoms with Gasteiger partial charge >= 0.3 is 0 Å². The summed E-state index contributed by atoms with van der Waals surface area (Å²) in [6, 6.07) is 11.1. The molecule has 2 N–H and O–H groups in total. The summed E-state index contributed by atoms with van der Waals surface area (Å²) in [5.74, 6) is 0. The number of halogens is 1. The molecule has 3 rings (SSSR count). The number of nitrogens with zero attached hydrogens (tertiary/aromatic N) is 1. The van der Waals surface area contributed by atoms with Crippen LogP contribution in [0.4, 0.5) is 17.1 Å². The van der Waals surface area contributed by atoms with E-state index in [9.17, 15) is 8.42 Å². The van der Waals surface area contributed by atoms with Crippen molar-refractivity contribution >= 4 is 43.0 Å². The molecule has 0 atom stereocenters. The van der Waals surface area contributed by atoms with Gasteiger partial charge in [-0.05, 0) is 68.7 Å². The number of rotatable bonds is 6. The summed E-state index contributed by atoms with van der Waals surface area (Å²) in [6.07, 6.45) is 1.88. The highest BCUT2D eigenvalue weighted by atomic mass is 79.9. The van der Waals surface area contributed by atoms with E-state index in [-0.39, 0.29) is 4.90 Å². The molecule has 5 nitrogen and oxygen atoms in total. The summed E-state index contributed by atoms with van der Waals surface area (Å²) in [5.41, 5.74) is 3.39. The zero-order valence-electron chi connectivity index (χ0n) is 15.0. The number of sulfonamides is 1. The fourth-order valence-corrected chi connectivity index (χ4v) is 5.24. The molecular weight excluding hydrogens is 414 g/mol. The van der Waals surface area contributed by atoms with Crippen LogP contribution < -0.4 is 14.9 Å². The van der Waals surface area contributed by atoms with Crippen molar-refractivity contribution in [3.8, 4) is 0 Å². The molecule has 0 spiro atoms. The molecule has 0 bridgehead atoms. The lowest BCUT2D eigenvalue weighted by Gasteiger charge is -2.23. The van der Waals surface area contributed by atoms with Crippen LogP contribution in [0.25, 0.3) is 0 Å². The van der Waals surface area contributed by atoms with Crippen LogP contribution in [-0.4, -0.2) is 28.1 Å². The largest absolute Gasteiger partial charge is 0.384 e. The van der Waals surface area contributed by atoms with E-state index >= 15 is 0 Å². The van der Waals surface area contributed by atoms with E-state index in [0.29, 0.717) is 11.4 Å². The van der Waals surface area contributed by atoms with Crippen LogP contribution in [0.1, 0.15) is 25.8 Å². The van der Waals surface area contributed by atoms with Crippen molar-refractivity contribution in [1.29, 1.82) is 0 Å². The topological polar surface area (TPSA) is 61.4 Å². The Balaban J connectivity index is 1.89. The highest BCUT2D eigenvalue weighted by Gasteiger charge is 2.24. The van der Waals surface area contributed by atoms with Crippen molar-refractivity contribution in [2.24, 2.45) is 0 Å². The number of hydrogen-bond acceptors (Lipinski definition) is 4. The molecule has 0 saturated heterocycles. The summed E-state index contributed by atoms with van der Waals surface area (Å²) in [7, 11) is -3.68. The first-order valence-corrected chi connectivity index (χ1v) is 11.2. The van der Waals surface area contributed by atoms with E-state index < -0.39 is 10.0 Å². The summed E-state index contributed by atoms with van der Waals surface area (Å²) in [6.45, 7) is 6.82. The molecule has 140 valence electrons. The maximum Gasteiger partial charge on any atom is 0.264 e. The first-order chi connectivity index (χ1) is 12.4. The highest BCUT2D eigenvalue weighted by Crippen LogP contribution is 2.34. The minimum atomic E-state index is -3.68. The van der Waals surface area contributed by atoms with Gasteiger partial charge in [-0.3, -0.25) is 4.72 Å². The molecule has 0 aromatic heterocycles. The van der Waals surface area contributed by atoms with E-state index in [1.54, 1.807) is 6.07 Å². The SMILES string of the molecule is CCN(CC)c1ccc(NS(=O)(=O)c2cc(Br)cc3c2NCCC3)cc1. The third-order valence-corrected chi connectivity index (χ3v) is 6.47. The van der Waals surface area contributed by atoms with E-state index in [1.165, 1.54) is 0 Å². The lowest BCUT2D eigenvalue weighted by atomic mass is 10.0. The summed E-state index contributed by atoms with van der Waals surface area (Å²) >= 11 is 3.43. The van der Waals surface area contributed by atoms with E-state index in [4.69, 9.17) is 0 Å². The zero-order valence-corrected chi connectivity index (χ0v) is 17.5. The van der Waals surface area contributed by atoms with Crippen LogP contribution in [-0.2, 0) is 16.4 Å². The van der Waals surface area contributed by atoms with Gasteiger partial charge in [-0.15, -0.1) is 0 Å². The van der Waals surface area contributed by atoms with Crippen molar-refractivity contribution in [3.63, 3.8) is 0 Å². The second kappa shape index (κ2) is 7.88. The third kappa shape index (κ3) is 3.99. The van der Waals surface area contributed by atoms with Crippen LogP contribution in [0.5, 0.6) is 0 Å². The Hall–Kier alpha value is -1.73. The minimum Gasteiger partial charge on any atom is -0.384 e. The van der Waals surface area contributed by atoms with Crippen LogP contribution in [0.2, 0.25) is 0 Å². The molecule has 0 aliphatic carbocycles. The lowest BCUT2D eigenvalue weighted by molar-refractivity contribution is 0.601. The second-order valence-electron chi connectivity index (χ2n) is 6.29. The highest BCUT2D eigenvalue weighted by molar-refractivity contribution is 9.10. The predicted molar refractivity (Wildman–Crippen MR) is 112 cm³/mol. The average molecular weight is 438 g/mol. The Bertz CT molecular complexity index is 878. The number of hydrogen-bond donors (Lipinski definition) is 2. The molecule has 2 aromatic rings. The standard InChI is InChI=1S/C19H24BrN3O2S/c1-3-23(4-2)17-9-7-16(8-10-17)22-26(24,25)18-13-15(20)12-14-6-5-11-21-19(14)18/h7-10,12-13,21-22H,3-6,11H2,1-2H3. The van der Waals surface area contributed by atoms with Gasteiger partial charge in [0, 0.05) is 35.5 Å². The van der Waals surface area contributed by atoms with Crippen LogP contribution in [0.15, 0.2) is 45.8 Å². The van der Waals surface area contributed by atoms with Crippen LogP contribution >= 0.6 is 15.9 Å². The summed E-state index contributed by atoms with van der Waals surface area (Å²) < 4.78 is 29.4. The van der Waals surface area contributed by atoms with Crippen molar-refractivity contribution in [3.05, 3.63) is 46.4 Å². The van der Waals surface area contributed by atoms with E-state index in [0.717, 1.165) is 48.2 Å². The Morgan fingerprint density at radius 1 is 1.15 bits per heavy atom. The first kappa shape index (κ1) is 19.0. The van der Waals surface area contributed by atoms with Gasteiger partial charge in [-0.2, -0.15) is 0 Å². The molecule has 0 radical (unpaired) electrons. The minimum absolute atomic E-state index is 0.286. The van der Waals surface area contributed by atoms with Gasteiger partial charge in [0.2, 0.25) is 0 Å². The molecule has 1 aliphatic heterocycles. The zero-order chi connectivity index (χ0) is 18.7. The number of nitrogens with one attached hydrogen (secondary N) is 2.